The number of amides is 1. The molecule has 0 fully saturated rings. The SMILES string of the molecule is COc1cc(/C=C(\C#N)C(=O)Nc2c(C)cccc2Cl)ccc1OCc1c(Cl)cccc1Cl. The smallest absolute Gasteiger partial charge is 0.266 e. The van der Waals surface area contributed by atoms with Crippen LogP contribution in [0.5, 0.6) is 11.5 Å². The van der Waals surface area contributed by atoms with E-state index in [4.69, 9.17) is 44.3 Å². The molecule has 33 heavy (non-hydrogen) atoms. The highest BCUT2D eigenvalue weighted by atomic mass is 35.5. The van der Waals surface area contributed by atoms with Gasteiger partial charge in [-0.2, -0.15) is 5.26 Å². The van der Waals surface area contributed by atoms with Gasteiger partial charge in [-0.3, -0.25) is 4.79 Å². The van der Waals surface area contributed by atoms with Crippen molar-refractivity contribution in [3.8, 4) is 17.6 Å². The molecule has 0 heterocycles. The summed E-state index contributed by atoms with van der Waals surface area (Å²) in [6.07, 6.45) is 1.46. The van der Waals surface area contributed by atoms with Gasteiger partial charge >= 0.3 is 0 Å². The molecule has 0 aliphatic carbocycles. The fourth-order valence-corrected chi connectivity index (χ4v) is 3.78. The first-order valence-corrected chi connectivity index (χ1v) is 10.9. The lowest BCUT2D eigenvalue weighted by Crippen LogP contribution is -2.14. The van der Waals surface area contributed by atoms with Crippen molar-refractivity contribution in [1.29, 1.82) is 5.26 Å². The highest BCUT2D eigenvalue weighted by Gasteiger charge is 2.14. The summed E-state index contributed by atoms with van der Waals surface area (Å²) in [5, 5.41) is 13.6. The molecular formula is C25H19Cl3N2O3. The van der Waals surface area contributed by atoms with Gasteiger partial charge in [0.25, 0.3) is 5.91 Å². The molecule has 8 heteroatoms. The number of anilines is 1. The van der Waals surface area contributed by atoms with Crippen LogP contribution in [0.1, 0.15) is 16.7 Å². The Labute approximate surface area is 207 Å². The van der Waals surface area contributed by atoms with Crippen LogP contribution in [0.3, 0.4) is 0 Å². The number of nitrogens with one attached hydrogen (secondary N) is 1. The van der Waals surface area contributed by atoms with E-state index in [1.54, 1.807) is 48.5 Å². The largest absolute Gasteiger partial charge is 0.493 e. The quantitative estimate of drug-likeness (QED) is 0.277. The van der Waals surface area contributed by atoms with E-state index >= 15 is 0 Å². The molecule has 3 aromatic rings. The van der Waals surface area contributed by atoms with Crippen molar-refractivity contribution in [1.82, 2.24) is 0 Å². The molecule has 3 aromatic carbocycles. The molecule has 0 unspecified atom stereocenters. The van der Waals surface area contributed by atoms with E-state index in [0.29, 0.717) is 43.4 Å². The number of para-hydroxylation sites is 1. The van der Waals surface area contributed by atoms with Gasteiger partial charge in [-0.15, -0.1) is 0 Å². The topological polar surface area (TPSA) is 71.3 Å². The molecule has 0 aliphatic rings. The Morgan fingerprint density at radius 2 is 1.70 bits per heavy atom. The Morgan fingerprint density at radius 1 is 1.03 bits per heavy atom. The maximum absolute atomic E-state index is 12.7. The van der Waals surface area contributed by atoms with Crippen molar-refractivity contribution in [2.45, 2.75) is 13.5 Å². The van der Waals surface area contributed by atoms with Crippen LogP contribution in [0.25, 0.3) is 6.08 Å². The van der Waals surface area contributed by atoms with Gasteiger partial charge in [-0.25, -0.2) is 0 Å². The highest BCUT2D eigenvalue weighted by molar-refractivity contribution is 6.36. The Morgan fingerprint density at radius 3 is 2.33 bits per heavy atom. The summed E-state index contributed by atoms with van der Waals surface area (Å²) in [5.41, 5.74) is 2.40. The standard InChI is InChI=1S/C25H19Cl3N2O3/c1-15-5-3-8-21(28)24(15)30-25(31)17(13-29)11-16-9-10-22(23(12-16)32-2)33-14-18-19(26)6-4-7-20(18)27/h3-12H,14H2,1-2H3,(H,30,31)/b17-11+. The van der Waals surface area contributed by atoms with Crippen LogP contribution < -0.4 is 14.8 Å². The van der Waals surface area contributed by atoms with E-state index in [0.717, 1.165) is 5.56 Å². The average molecular weight is 502 g/mol. The third-order valence-corrected chi connectivity index (χ3v) is 5.78. The molecule has 5 nitrogen and oxygen atoms in total. The number of ether oxygens (including phenoxy) is 2. The van der Waals surface area contributed by atoms with Gasteiger partial charge in [0.1, 0.15) is 18.2 Å². The Bertz CT molecular complexity index is 1230. The summed E-state index contributed by atoms with van der Waals surface area (Å²) in [4.78, 5) is 12.7. The number of carbonyl (C=O) groups is 1. The van der Waals surface area contributed by atoms with E-state index in [1.807, 2.05) is 19.1 Å². The Balaban J connectivity index is 1.81. The van der Waals surface area contributed by atoms with Gasteiger partial charge in [-0.1, -0.05) is 59.1 Å². The summed E-state index contributed by atoms with van der Waals surface area (Å²) in [6, 6.07) is 17.5. The minimum Gasteiger partial charge on any atom is -0.493 e. The van der Waals surface area contributed by atoms with E-state index < -0.39 is 5.91 Å². The first kappa shape index (κ1) is 24.5. The number of carbonyl (C=O) groups excluding carboxylic acids is 1. The third-order valence-electron chi connectivity index (χ3n) is 4.76. The van der Waals surface area contributed by atoms with Crippen LogP contribution >= 0.6 is 34.8 Å². The summed E-state index contributed by atoms with van der Waals surface area (Å²) in [5.74, 6) is 0.313. The maximum Gasteiger partial charge on any atom is 0.266 e. The van der Waals surface area contributed by atoms with Crippen molar-refractivity contribution < 1.29 is 14.3 Å². The molecule has 0 spiro atoms. The van der Waals surface area contributed by atoms with Crippen LogP contribution in [-0.4, -0.2) is 13.0 Å². The second-order valence-corrected chi connectivity index (χ2v) is 8.18. The fraction of sp³-hybridized carbons (Fsp3) is 0.120. The summed E-state index contributed by atoms with van der Waals surface area (Å²) in [7, 11) is 1.50. The number of aryl methyl sites for hydroxylation is 1. The number of halogens is 3. The highest BCUT2D eigenvalue weighted by Crippen LogP contribution is 2.32. The van der Waals surface area contributed by atoms with Gasteiger partial charge in [0.15, 0.2) is 11.5 Å². The summed E-state index contributed by atoms with van der Waals surface area (Å²) >= 11 is 18.6. The van der Waals surface area contributed by atoms with Gasteiger partial charge < -0.3 is 14.8 Å². The predicted molar refractivity (Wildman–Crippen MR) is 132 cm³/mol. The third kappa shape index (κ3) is 6.00. The first-order chi connectivity index (χ1) is 15.8. The van der Waals surface area contributed by atoms with Gasteiger partial charge in [0, 0.05) is 15.6 Å². The zero-order chi connectivity index (χ0) is 24.0. The zero-order valence-electron chi connectivity index (χ0n) is 17.8. The second kappa shape index (κ2) is 11.1. The van der Waals surface area contributed by atoms with E-state index in [2.05, 4.69) is 5.32 Å². The van der Waals surface area contributed by atoms with Crippen LogP contribution in [0, 0.1) is 18.3 Å². The monoisotopic (exact) mass is 500 g/mol. The van der Waals surface area contributed by atoms with E-state index in [-0.39, 0.29) is 12.2 Å². The minimum absolute atomic E-state index is 0.0899. The van der Waals surface area contributed by atoms with Crippen molar-refractivity contribution in [2.75, 3.05) is 12.4 Å². The molecule has 1 N–H and O–H groups in total. The number of hydrogen-bond donors (Lipinski definition) is 1. The second-order valence-electron chi connectivity index (χ2n) is 6.95. The molecule has 0 bridgehead atoms. The molecule has 3 rings (SSSR count). The Hall–Kier alpha value is -3.17. The number of nitriles is 1. The van der Waals surface area contributed by atoms with Gasteiger partial charge in [0.2, 0.25) is 0 Å². The van der Waals surface area contributed by atoms with Crippen LogP contribution in [0.15, 0.2) is 60.2 Å². The number of rotatable bonds is 7. The molecule has 0 saturated heterocycles. The fourth-order valence-electron chi connectivity index (χ4n) is 3.00. The zero-order valence-corrected chi connectivity index (χ0v) is 20.1. The van der Waals surface area contributed by atoms with Crippen LogP contribution in [0.4, 0.5) is 5.69 Å². The van der Waals surface area contributed by atoms with Gasteiger partial charge in [-0.05, 0) is 54.5 Å². The molecular weight excluding hydrogens is 483 g/mol. The van der Waals surface area contributed by atoms with Gasteiger partial charge in [0.05, 0.1) is 17.8 Å². The molecule has 0 radical (unpaired) electrons. The van der Waals surface area contributed by atoms with Crippen molar-refractivity contribution >= 4 is 52.5 Å². The molecule has 0 saturated carbocycles. The minimum atomic E-state index is -0.568. The number of hydrogen-bond acceptors (Lipinski definition) is 4. The number of benzene rings is 3. The van der Waals surface area contributed by atoms with E-state index in [9.17, 15) is 10.1 Å². The lowest BCUT2D eigenvalue weighted by Gasteiger charge is -2.13. The first-order valence-electron chi connectivity index (χ1n) is 9.76. The number of nitrogens with zero attached hydrogens (tertiary/aromatic N) is 1. The normalized spacial score (nSPS) is 11.0. The van der Waals surface area contributed by atoms with Crippen LogP contribution in [-0.2, 0) is 11.4 Å². The molecule has 0 atom stereocenters. The van der Waals surface area contributed by atoms with Crippen molar-refractivity contribution in [2.24, 2.45) is 0 Å². The maximum atomic E-state index is 12.7. The predicted octanol–water partition coefficient (Wildman–Crippen LogP) is 7.09. The molecule has 0 aliphatic heterocycles. The average Bonchev–Trinajstić information content (AvgIpc) is 2.80. The van der Waals surface area contributed by atoms with E-state index in [1.165, 1.54) is 13.2 Å². The molecule has 168 valence electrons. The molecule has 0 aromatic heterocycles. The lowest BCUT2D eigenvalue weighted by molar-refractivity contribution is -0.112. The number of methoxy groups -OCH3 is 1. The summed E-state index contributed by atoms with van der Waals surface area (Å²) in [6.45, 7) is 1.96. The van der Waals surface area contributed by atoms with Crippen LogP contribution in [0.2, 0.25) is 15.1 Å². The summed E-state index contributed by atoms with van der Waals surface area (Å²) < 4.78 is 11.3. The van der Waals surface area contributed by atoms with Crippen molar-refractivity contribution in [3.05, 3.63) is 91.9 Å². The Kier molecular flexibility index (Phi) is 8.24. The molecule has 1 amide bonds. The lowest BCUT2D eigenvalue weighted by atomic mass is 10.1. The van der Waals surface area contributed by atoms with Crippen molar-refractivity contribution in [3.63, 3.8) is 0 Å².